The van der Waals surface area contributed by atoms with Gasteiger partial charge in [0.05, 0.1) is 18.6 Å². The Morgan fingerprint density at radius 3 is 1.11 bits per heavy atom. The van der Waals surface area contributed by atoms with E-state index in [0.29, 0.717) is 11.1 Å². The van der Waals surface area contributed by atoms with E-state index < -0.39 is 266 Å². The Morgan fingerprint density at radius 1 is 0.364 bits per heavy atom. The number of benzene rings is 2. The van der Waals surface area contributed by atoms with Gasteiger partial charge in [-0.3, -0.25) is 92.3 Å². The van der Waals surface area contributed by atoms with Gasteiger partial charge in [0.25, 0.3) is 0 Å². The monoisotopic (exact) mass is 1670 g/mol. The molecule has 0 aliphatic heterocycles. The van der Waals surface area contributed by atoms with Gasteiger partial charge in [0.1, 0.15) is 78.3 Å². The number of guanidine groups is 2. The summed E-state index contributed by atoms with van der Waals surface area (Å²) in [6.07, 6.45) is -8.90. The van der Waals surface area contributed by atoms with Crippen LogP contribution in [-0.2, 0) is 99.1 Å². The molecular formula is C73H114N22O23. The Morgan fingerprint density at radius 2 is 0.703 bits per heavy atom. The number of aromatic hydroxyl groups is 1. The molecule has 2 aromatic rings. The van der Waals surface area contributed by atoms with Gasteiger partial charge in [-0.05, 0) is 113 Å². The van der Waals surface area contributed by atoms with Gasteiger partial charge in [0.2, 0.25) is 88.6 Å². The predicted molar refractivity (Wildman–Crippen MR) is 420 cm³/mol. The van der Waals surface area contributed by atoms with Gasteiger partial charge in [-0.2, -0.15) is 0 Å². The summed E-state index contributed by atoms with van der Waals surface area (Å²) in [6, 6.07) is -8.54. The molecule has 0 bridgehead atoms. The minimum Gasteiger partial charge on any atom is -0.508 e. The average Bonchev–Trinajstić information content (AvgIpc) is 0.855. The second-order valence-electron chi connectivity index (χ2n) is 28.8. The van der Waals surface area contributed by atoms with Crippen LogP contribution in [0.1, 0.15) is 149 Å². The Bertz CT molecular complexity index is 3830. The first-order valence-corrected chi connectivity index (χ1v) is 37.8. The van der Waals surface area contributed by atoms with Crippen molar-refractivity contribution in [3.8, 4) is 5.75 Å². The van der Waals surface area contributed by atoms with Crippen LogP contribution in [-0.4, -0.2) is 242 Å². The summed E-state index contributed by atoms with van der Waals surface area (Å²) in [4.78, 5) is 243. The average molecular weight is 1670 g/mol. The molecular weight excluding hydrogens is 1550 g/mol. The second kappa shape index (κ2) is 51.9. The molecule has 2 aromatic carbocycles. The van der Waals surface area contributed by atoms with Gasteiger partial charge in [0, 0.05) is 51.6 Å². The zero-order valence-electron chi connectivity index (χ0n) is 66.4. The summed E-state index contributed by atoms with van der Waals surface area (Å²) < 4.78 is 0. The summed E-state index contributed by atoms with van der Waals surface area (Å²) in [5.74, 6) is -23.1. The predicted octanol–water partition coefficient (Wildman–Crippen LogP) is -7.44. The standard InChI is InChI=1S/C73H114N22O23/c1-35(2)30-48(91-62(108)43(14-10-28-82-72(78)79)85-60(106)42(74)20-26-56(101)102)66(112)89-46(22-25-54(76)99)63(109)87-47(23-27-57(103)104)64(110)93-51(34-55(77)100)69(115)92-49(31-36(3)4)67(113)88-45(21-24-53(75)98)61(107)84-37(5)59(105)90-50(32-40-16-18-41(97)19-17-40)68(114)86-44(15-11-29-83-73(80)81)65(111)95-58(38(6)96)70(116)94-52(71(117)118)33-39-12-8-7-9-13-39/h7-9,12-13,16-19,35-38,42-52,58,96-97H,10-11,14-15,20-34,74H2,1-6H3,(H2,75,98)(H2,76,99)(H2,77,100)(H,84,107)(H,85,106)(H,86,114)(H,87,109)(H,88,113)(H,89,112)(H,90,105)(H,91,108)(H,92,115)(H,93,110)(H,94,116)(H,95,111)(H,101,102)(H,103,104)(H,117,118)(H4,78,79,82)(H4,80,81,83)/t37-,38+,42-,43-,44-,45-,46-,47-,48-,49-,50-,51-,52-,58-/m0/s1. The molecule has 2 rings (SSSR count). The SMILES string of the molecule is CC(C)C[C@H](NC(=O)[C@H](CC(N)=O)NC(=O)[C@H](CCC(=O)O)NC(=O)[C@H](CCC(N)=O)NC(=O)[C@H](CC(C)C)NC(=O)[C@H](CCCNC(=N)N)NC(=O)[C@@H](N)CCC(=O)O)C(=O)N[C@@H](CCC(N)=O)C(=O)N[C@@H](C)C(=O)N[C@@H](Cc1ccc(O)cc1)C(=O)N[C@@H](CCCNC(=N)N)C(=O)N[C@H](C(=O)N[C@@H](Cc1ccccc1)C(=O)O)[C@@H](C)O. The highest BCUT2D eigenvalue weighted by molar-refractivity contribution is 6.01. The Labute approximate surface area is 679 Å². The number of carboxylic acids is 3. The number of nitrogens with one attached hydrogen (secondary N) is 16. The first kappa shape index (κ1) is 101. The summed E-state index contributed by atoms with van der Waals surface area (Å²) >= 11 is 0. The molecule has 0 saturated carbocycles. The van der Waals surface area contributed by atoms with Crippen molar-refractivity contribution >= 4 is 118 Å². The quantitative estimate of drug-likeness (QED) is 0.0166. The molecule has 118 heavy (non-hydrogen) atoms. The van der Waals surface area contributed by atoms with Crippen LogP contribution in [0.5, 0.6) is 5.75 Å². The number of primary amides is 3. The summed E-state index contributed by atoms with van der Waals surface area (Å²) in [5.41, 5.74) is 34.0. The number of phenols is 1. The molecule has 0 saturated heterocycles. The molecule has 0 spiro atoms. The number of rotatable bonds is 56. The van der Waals surface area contributed by atoms with Crippen molar-refractivity contribution in [2.75, 3.05) is 13.1 Å². The summed E-state index contributed by atoms with van der Waals surface area (Å²) in [7, 11) is 0. The molecule has 0 aliphatic rings. The van der Waals surface area contributed by atoms with Crippen molar-refractivity contribution in [1.82, 2.24) is 74.4 Å². The normalized spacial score (nSPS) is 14.6. The number of aliphatic hydroxyl groups is 1. The number of aliphatic hydroxyl groups excluding tert-OH is 1. The van der Waals surface area contributed by atoms with E-state index in [1.807, 2.05) is 0 Å². The number of carbonyl (C=O) groups excluding carboxylic acids is 15. The zero-order chi connectivity index (χ0) is 89.2. The van der Waals surface area contributed by atoms with Crippen molar-refractivity contribution in [1.29, 1.82) is 10.8 Å². The number of amides is 15. The Kier molecular flexibility index (Phi) is 44.5. The van der Waals surface area contributed by atoms with Crippen LogP contribution in [0.2, 0.25) is 0 Å². The van der Waals surface area contributed by atoms with Crippen LogP contribution in [0.15, 0.2) is 54.6 Å². The van der Waals surface area contributed by atoms with E-state index in [1.165, 1.54) is 24.3 Å². The second-order valence-corrected chi connectivity index (χ2v) is 28.8. The zero-order valence-corrected chi connectivity index (χ0v) is 66.4. The molecule has 0 heterocycles. The van der Waals surface area contributed by atoms with Crippen LogP contribution in [0.3, 0.4) is 0 Å². The van der Waals surface area contributed by atoms with Crippen molar-refractivity contribution < 1.29 is 112 Å². The van der Waals surface area contributed by atoms with E-state index in [9.17, 15) is 107 Å². The molecule has 0 radical (unpaired) electrons. The van der Waals surface area contributed by atoms with E-state index in [-0.39, 0.29) is 76.6 Å². The third-order valence-corrected chi connectivity index (χ3v) is 17.6. The Hall–Kier alpha value is -12.8. The number of carboxylic acid groups (broad SMARTS) is 3. The van der Waals surface area contributed by atoms with Crippen LogP contribution < -0.4 is 109 Å². The third kappa shape index (κ3) is 40.4. The van der Waals surface area contributed by atoms with Crippen LogP contribution in [0.25, 0.3) is 0 Å². The number of carbonyl (C=O) groups is 18. The lowest BCUT2D eigenvalue weighted by Gasteiger charge is -2.28. The highest BCUT2D eigenvalue weighted by Crippen LogP contribution is 2.16. The number of aliphatic carboxylic acids is 3. The van der Waals surface area contributed by atoms with Crippen LogP contribution in [0, 0.1) is 22.7 Å². The fourth-order valence-corrected chi connectivity index (χ4v) is 11.4. The lowest BCUT2D eigenvalue weighted by molar-refractivity contribution is -0.143. The van der Waals surface area contributed by atoms with Gasteiger partial charge in [0.15, 0.2) is 11.9 Å². The molecule has 0 fully saturated rings. The minimum atomic E-state index is -2.06. The number of hydrogen-bond donors (Lipinski definition) is 27. The lowest BCUT2D eigenvalue weighted by atomic mass is 10.0. The number of nitrogens with two attached hydrogens (primary N) is 6. The van der Waals surface area contributed by atoms with Crippen molar-refractivity contribution in [2.24, 2.45) is 46.2 Å². The van der Waals surface area contributed by atoms with E-state index in [0.717, 1.165) is 13.8 Å². The summed E-state index contributed by atoms with van der Waals surface area (Å²) in [5, 5.41) is 98.4. The van der Waals surface area contributed by atoms with E-state index >= 15 is 0 Å². The first-order valence-electron chi connectivity index (χ1n) is 37.8. The maximum Gasteiger partial charge on any atom is 0.326 e. The number of hydrogen-bond acceptors (Lipinski definition) is 23. The van der Waals surface area contributed by atoms with Crippen molar-refractivity contribution in [2.45, 2.75) is 235 Å². The first-order chi connectivity index (χ1) is 55.3. The molecule has 654 valence electrons. The smallest absolute Gasteiger partial charge is 0.326 e. The molecule has 15 amide bonds. The Balaban J connectivity index is 2.55. The molecule has 45 heteroatoms. The molecule has 45 nitrogen and oxygen atoms in total. The number of phenolic OH excluding ortho intramolecular Hbond substituents is 1. The van der Waals surface area contributed by atoms with Gasteiger partial charge in [-0.1, -0.05) is 70.2 Å². The van der Waals surface area contributed by atoms with Crippen molar-refractivity contribution in [3.05, 3.63) is 65.7 Å². The fourth-order valence-electron chi connectivity index (χ4n) is 11.4. The van der Waals surface area contributed by atoms with E-state index in [4.69, 9.17) is 50.3 Å². The highest BCUT2D eigenvalue weighted by atomic mass is 16.4. The van der Waals surface area contributed by atoms with Crippen LogP contribution in [0.4, 0.5) is 0 Å². The summed E-state index contributed by atoms with van der Waals surface area (Å²) in [6.45, 7) is 8.75. The fraction of sp³-hybridized carbons (Fsp3) is 0.562. The maximum atomic E-state index is 14.5. The van der Waals surface area contributed by atoms with E-state index in [2.05, 4.69) is 74.4 Å². The highest BCUT2D eigenvalue weighted by Gasteiger charge is 2.39. The molecule has 0 aromatic heterocycles. The van der Waals surface area contributed by atoms with E-state index in [1.54, 1.807) is 58.0 Å². The molecule has 0 unspecified atom stereocenters. The lowest BCUT2D eigenvalue weighted by Crippen LogP contribution is -2.61. The third-order valence-electron chi connectivity index (χ3n) is 17.6. The van der Waals surface area contributed by atoms with Crippen LogP contribution >= 0.6 is 0 Å². The topological polar surface area (TPSA) is 781 Å². The minimum absolute atomic E-state index is 0.00161. The van der Waals surface area contributed by atoms with Gasteiger partial charge in [-0.15, -0.1) is 0 Å². The van der Waals surface area contributed by atoms with Gasteiger partial charge < -0.3 is 134 Å². The van der Waals surface area contributed by atoms with Gasteiger partial charge in [-0.25, -0.2) is 4.79 Å². The molecule has 33 N–H and O–H groups in total. The maximum absolute atomic E-state index is 14.5. The largest absolute Gasteiger partial charge is 0.508 e. The molecule has 0 aliphatic carbocycles. The molecule has 14 atom stereocenters. The van der Waals surface area contributed by atoms with Gasteiger partial charge >= 0.3 is 17.9 Å². The van der Waals surface area contributed by atoms with Crippen molar-refractivity contribution in [3.63, 3.8) is 0 Å².